The summed E-state index contributed by atoms with van der Waals surface area (Å²) in [4.78, 5) is 11.7. The lowest BCUT2D eigenvalue weighted by Crippen LogP contribution is -2.09. The van der Waals surface area contributed by atoms with Crippen LogP contribution in [0.5, 0.6) is 5.75 Å². The summed E-state index contributed by atoms with van der Waals surface area (Å²) in [6.45, 7) is 1.45. The number of aliphatic carboxylic acids is 1. The number of rotatable bonds is 8. The van der Waals surface area contributed by atoms with Crippen LogP contribution in [0.3, 0.4) is 0 Å². The molecule has 1 N–H and O–H groups in total. The molecule has 3 aromatic carbocycles. The minimum atomic E-state index is -4.38. The van der Waals surface area contributed by atoms with Gasteiger partial charge in [0.05, 0.1) is 5.56 Å². The van der Waals surface area contributed by atoms with Gasteiger partial charge in [-0.2, -0.15) is 13.2 Å². The van der Waals surface area contributed by atoms with E-state index in [1.165, 1.54) is 12.1 Å². The smallest absolute Gasteiger partial charge is 0.416 e. The maximum absolute atomic E-state index is 13.1. The van der Waals surface area contributed by atoms with Gasteiger partial charge in [0.2, 0.25) is 0 Å². The normalized spacial score (nSPS) is 12.2. The molecule has 4 rings (SSSR count). The number of aryl methyl sites for hydroxylation is 1. The number of ether oxygens (including phenoxy) is 1. The predicted molar refractivity (Wildman–Crippen MR) is 135 cm³/mol. The molecule has 1 aromatic heterocycles. The zero-order valence-electron chi connectivity index (χ0n) is 18.6. The van der Waals surface area contributed by atoms with Gasteiger partial charge in [0.15, 0.2) is 6.61 Å². The van der Waals surface area contributed by atoms with E-state index in [0.29, 0.717) is 11.5 Å². The number of thioether (sulfide) groups is 1. The Balaban J connectivity index is 1.61. The molecule has 0 spiro atoms. The maximum atomic E-state index is 13.1. The summed E-state index contributed by atoms with van der Waals surface area (Å²) in [5, 5.41) is 11.9. The first-order chi connectivity index (χ1) is 16.7. The van der Waals surface area contributed by atoms with Gasteiger partial charge in [-0.3, -0.25) is 0 Å². The molecule has 1 heterocycles. The van der Waals surface area contributed by atoms with E-state index in [4.69, 9.17) is 9.84 Å². The Hall–Kier alpha value is -3.23. The van der Waals surface area contributed by atoms with Gasteiger partial charge in [0.25, 0.3) is 0 Å². The van der Waals surface area contributed by atoms with E-state index in [9.17, 15) is 18.0 Å². The van der Waals surface area contributed by atoms with Crippen LogP contribution in [0.2, 0.25) is 0 Å². The van der Waals surface area contributed by atoms with Gasteiger partial charge in [0, 0.05) is 26.3 Å². The third kappa shape index (κ3) is 6.07. The second-order valence-corrected chi connectivity index (χ2v) is 9.76. The van der Waals surface area contributed by atoms with Crippen LogP contribution in [-0.2, 0) is 11.0 Å². The van der Waals surface area contributed by atoms with Crippen molar-refractivity contribution in [2.45, 2.75) is 18.0 Å². The van der Waals surface area contributed by atoms with Crippen molar-refractivity contribution in [3.63, 3.8) is 0 Å². The summed E-state index contributed by atoms with van der Waals surface area (Å²) in [6.07, 6.45) is -2.35. The fraction of sp³-hybridized carbons (Fsp3) is 0.148. The fourth-order valence-electron chi connectivity index (χ4n) is 3.64. The second kappa shape index (κ2) is 10.6. The van der Waals surface area contributed by atoms with Crippen LogP contribution < -0.4 is 4.74 Å². The monoisotopic (exact) mass is 514 g/mol. The van der Waals surface area contributed by atoms with Crippen LogP contribution >= 0.6 is 23.1 Å². The van der Waals surface area contributed by atoms with E-state index in [2.05, 4.69) is 0 Å². The lowest BCUT2D eigenvalue weighted by molar-refractivity contribution is -0.139. The first-order valence-corrected chi connectivity index (χ1v) is 12.5. The van der Waals surface area contributed by atoms with Crippen molar-refractivity contribution in [3.05, 3.63) is 100 Å². The van der Waals surface area contributed by atoms with Crippen molar-refractivity contribution >= 4 is 44.7 Å². The number of thiophene rings is 1. The van der Waals surface area contributed by atoms with E-state index in [0.717, 1.165) is 49.4 Å². The van der Waals surface area contributed by atoms with E-state index in [1.807, 2.05) is 54.8 Å². The van der Waals surface area contributed by atoms with Gasteiger partial charge >= 0.3 is 12.1 Å². The Kier molecular flexibility index (Phi) is 7.52. The van der Waals surface area contributed by atoms with Gasteiger partial charge in [-0.1, -0.05) is 36.4 Å². The molecule has 0 aliphatic carbocycles. The fourth-order valence-corrected chi connectivity index (χ4v) is 5.47. The Morgan fingerprint density at radius 2 is 1.83 bits per heavy atom. The highest BCUT2D eigenvalue weighted by Crippen LogP contribution is 2.37. The van der Waals surface area contributed by atoms with Crippen molar-refractivity contribution in [2.75, 3.05) is 12.4 Å². The highest BCUT2D eigenvalue weighted by Gasteiger charge is 2.30. The Morgan fingerprint density at radius 3 is 2.51 bits per heavy atom. The summed E-state index contributed by atoms with van der Waals surface area (Å²) < 4.78 is 45.7. The zero-order chi connectivity index (χ0) is 25.0. The third-order valence-corrected chi connectivity index (χ3v) is 7.21. The average molecular weight is 515 g/mol. The quantitative estimate of drug-likeness (QED) is 0.243. The molecule has 0 saturated heterocycles. The second-order valence-electron chi connectivity index (χ2n) is 7.76. The van der Waals surface area contributed by atoms with Crippen LogP contribution in [0, 0.1) is 6.92 Å². The van der Waals surface area contributed by atoms with E-state index >= 15 is 0 Å². The van der Waals surface area contributed by atoms with Crippen LogP contribution in [0.4, 0.5) is 13.2 Å². The van der Waals surface area contributed by atoms with E-state index in [1.54, 1.807) is 29.2 Å². The lowest BCUT2D eigenvalue weighted by atomic mass is 9.96. The summed E-state index contributed by atoms with van der Waals surface area (Å²) in [5.41, 5.74) is 2.73. The number of carbonyl (C=O) groups is 1. The van der Waals surface area contributed by atoms with Gasteiger partial charge in [-0.25, -0.2) is 4.79 Å². The van der Waals surface area contributed by atoms with Gasteiger partial charge in [0.1, 0.15) is 5.75 Å². The molecule has 35 heavy (non-hydrogen) atoms. The number of carboxylic acids is 1. The molecule has 8 heteroatoms. The summed E-state index contributed by atoms with van der Waals surface area (Å²) in [5.74, 6) is 0.0715. The van der Waals surface area contributed by atoms with Crippen LogP contribution in [0.1, 0.15) is 22.3 Å². The molecule has 0 amide bonds. The minimum absolute atomic E-state index is 0.402. The molecule has 3 nitrogen and oxygen atoms in total. The molecule has 180 valence electrons. The SMILES string of the molecule is Cc1cc(SCC=C(c2ccc(C(F)(F)F)cc2)c2csc3ccccc23)ccc1OCC(=O)O. The van der Waals surface area contributed by atoms with Crippen LogP contribution in [0.15, 0.2) is 83.1 Å². The zero-order valence-corrected chi connectivity index (χ0v) is 20.3. The summed E-state index contributed by atoms with van der Waals surface area (Å²) >= 11 is 3.18. The first-order valence-electron chi connectivity index (χ1n) is 10.6. The molecular weight excluding hydrogens is 493 g/mol. The molecule has 0 unspecified atom stereocenters. The Morgan fingerprint density at radius 1 is 1.09 bits per heavy atom. The number of benzene rings is 3. The van der Waals surface area contributed by atoms with Gasteiger partial charge < -0.3 is 9.84 Å². The standard InChI is InChI=1S/C27H21F3O3S2/c1-17-14-20(10-11-24(17)33-15-26(31)32)34-13-12-21(18-6-8-19(9-7-18)27(28,29)30)23-16-35-25-5-3-2-4-22(23)25/h2-12,14,16H,13,15H2,1H3,(H,31,32). The summed E-state index contributed by atoms with van der Waals surface area (Å²) in [6, 6.07) is 18.8. The highest BCUT2D eigenvalue weighted by molar-refractivity contribution is 7.99. The average Bonchev–Trinajstić information content (AvgIpc) is 3.25. The van der Waals surface area contributed by atoms with E-state index < -0.39 is 24.3 Å². The molecule has 0 aliphatic heterocycles. The molecule has 0 fully saturated rings. The first kappa shape index (κ1) is 24.9. The third-order valence-electron chi connectivity index (χ3n) is 5.33. The molecule has 0 atom stereocenters. The van der Waals surface area contributed by atoms with E-state index in [-0.39, 0.29) is 0 Å². The van der Waals surface area contributed by atoms with Crippen LogP contribution in [0.25, 0.3) is 15.7 Å². The number of carboxylic acid groups (broad SMARTS) is 1. The molecular formula is C27H21F3O3S2. The molecule has 0 bridgehead atoms. The number of hydrogen-bond acceptors (Lipinski definition) is 4. The summed E-state index contributed by atoms with van der Waals surface area (Å²) in [7, 11) is 0. The van der Waals surface area contributed by atoms with Crippen LogP contribution in [-0.4, -0.2) is 23.4 Å². The van der Waals surface area contributed by atoms with Gasteiger partial charge in [-0.05, 0) is 65.4 Å². The Labute approximate surface area is 208 Å². The lowest BCUT2D eigenvalue weighted by Gasteiger charge is -2.12. The van der Waals surface area contributed by atoms with Crippen molar-refractivity contribution in [2.24, 2.45) is 0 Å². The topological polar surface area (TPSA) is 46.5 Å². The minimum Gasteiger partial charge on any atom is -0.482 e. The predicted octanol–water partition coefficient (Wildman–Crippen LogP) is 7.92. The molecule has 4 aromatic rings. The Bertz CT molecular complexity index is 1370. The highest BCUT2D eigenvalue weighted by atomic mass is 32.2. The van der Waals surface area contributed by atoms with Crippen molar-refractivity contribution < 1.29 is 27.8 Å². The molecule has 0 saturated carbocycles. The maximum Gasteiger partial charge on any atom is 0.416 e. The number of halogens is 3. The number of hydrogen-bond donors (Lipinski definition) is 1. The molecule has 0 radical (unpaired) electrons. The number of alkyl halides is 3. The van der Waals surface area contributed by atoms with Crippen molar-refractivity contribution in [3.8, 4) is 5.75 Å². The van der Waals surface area contributed by atoms with Crippen molar-refractivity contribution in [1.82, 2.24) is 0 Å². The molecule has 0 aliphatic rings. The van der Waals surface area contributed by atoms with Gasteiger partial charge in [-0.15, -0.1) is 23.1 Å². The largest absolute Gasteiger partial charge is 0.482 e. The number of fused-ring (bicyclic) bond motifs is 1. The van der Waals surface area contributed by atoms with Crippen molar-refractivity contribution in [1.29, 1.82) is 0 Å².